The van der Waals surface area contributed by atoms with Crippen LogP contribution < -0.4 is 0 Å². The lowest BCUT2D eigenvalue weighted by Gasteiger charge is -2.64. The van der Waals surface area contributed by atoms with Crippen LogP contribution in [-0.4, -0.2) is 124 Å². The molecule has 4 aliphatic carbocycles. The largest absolute Gasteiger partial charge is 0.458 e. The molecule has 8 aliphatic rings. The third-order valence-electron chi connectivity index (χ3n) is 15.9. The van der Waals surface area contributed by atoms with Gasteiger partial charge in [-0.3, -0.25) is 0 Å². The van der Waals surface area contributed by atoms with Crippen LogP contribution in [0.3, 0.4) is 0 Å². The van der Waals surface area contributed by atoms with Crippen LogP contribution in [0.2, 0.25) is 0 Å². The summed E-state index contributed by atoms with van der Waals surface area (Å²) in [6.45, 7) is 10.4. The molecule has 5 N–H and O–H groups in total. The zero-order valence-corrected chi connectivity index (χ0v) is 32.6. The Balaban J connectivity index is 0.826. The first-order valence-electron chi connectivity index (χ1n) is 20.8. The second kappa shape index (κ2) is 14.9. The third kappa shape index (κ3) is 6.82. The number of hydrogen-bond donors (Lipinski definition) is 5. The predicted octanol–water partition coefficient (Wildman–Crippen LogP) is 3.25. The molecule has 4 aliphatic heterocycles. The number of hydrogen-bond acceptors (Lipinski definition) is 13. The molecule has 306 valence electrons. The monoisotopic (exact) mass is 764 g/mol. The highest BCUT2D eigenvalue weighted by atomic mass is 16.7. The van der Waals surface area contributed by atoms with E-state index < -0.39 is 79.4 Å². The first kappa shape index (κ1) is 39.6. The first-order valence-corrected chi connectivity index (χ1v) is 20.8. The Labute approximate surface area is 319 Å². The number of fused-ring (bicyclic) bond motifs is 5. The van der Waals surface area contributed by atoms with Gasteiger partial charge >= 0.3 is 5.97 Å². The van der Waals surface area contributed by atoms with Crippen LogP contribution in [-0.2, 0) is 38.0 Å². The number of aliphatic hydroxyl groups is 5. The molecule has 0 aromatic heterocycles. The van der Waals surface area contributed by atoms with Crippen molar-refractivity contribution in [2.24, 2.45) is 34.5 Å². The van der Waals surface area contributed by atoms with E-state index >= 15 is 0 Å². The molecule has 0 radical (unpaired) electrons. The van der Waals surface area contributed by atoms with E-state index in [4.69, 9.17) is 33.2 Å². The fraction of sp³-hybridized carbons (Fsp3) is 0.927. The number of ether oxygens (including phenoxy) is 7. The Hall–Kier alpha value is -1.23. The Morgan fingerprint density at radius 3 is 1.89 bits per heavy atom. The maximum atomic E-state index is 12.6. The van der Waals surface area contributed by atoms with Gasteiger partial charge < -0.3 is 58.7 Å². The molecule has 0 amide bonds. The normalized spacial score (nSPS) is 55.0. The smallest absolute Gasteiger partial charge is 0.331 e. The topological polar surface area (TPSA) is 183 Å². The van der Waals surface area contributed by atoms with E-state index in [1.165, 1.54) is 0 Å². The molecule has 0 aromatic rings. The lowest BCUT2D eigenvalue weighted by Crippen LogP contribution is -2.62. The third-order valence-corrected chi connectivity index (χ3v) is 15.9. The maximum Gasteiger partial charge on any atom is 0.331 e. The summed E-state index contributed by atoms with van der Waals surface area (Å²) in [7, 11) is 0. The van der Waals surface area contributed by atoms with E-state index in [1.54, 1.807) is 19.9 Å². The van der Waals surface area contributed by atoms with Crippen LogP contribution in [0.5, 0.6) is 0 Å². The molecule has 0 bridgehead atoms. The van der Waals surface area contributed by atoms with Crippen molar-refractivity contribution in [2.75, 3.05) is 6.61 Å². The van der Waals surface area contributed by atoms with Gasteiger partial charge in [-0.15, -0.1) is 0 Å². The SMILES string of the molecule is CC1OC(O[C@@H]2C(C)OC(O[C@@H]3C(C)OC(O[C@H]4CCC5(C)C6CCC7(C)[C@@H](C8=CC(=O)OC8)CC[C@]7(O)C6CC[C@@H]5C4)C[C@H]3O)C[C@H]2O)C[C@@H](O)[C@@H]1O. The van der Waals surface area contributed by atoms with Crippen molar-refractivity contribution in [1.82, 2.24) is 0 Å². The van der Waals surface area contributed by atoms with Crippen LogP contribution in [0.1, 0.15) is 112 Å². The highest BCUT2D eigenvalue weighted by Crippen LogP contribution is 2.70. The Bertz CT molecular complexity index is 1370. The van der Waals surface area contributed by atoms with Gasteiger partial charge in [-0.05, 0) is 113 Å². The minimum Gasteiger partial charge on any atom is -0.458 e. The summed E-state index contributed by atoms with van der Waals surface area (Å²) >= 11 is 0. The van der Waals surface area contributed by atoms with Crippen LogP contribution in [0, 0.1) is 34.5 Å². The summed E-state index contributed by atoms with van der Waals surface area (Å²) in [6.07, 6.45) is 1.90. The zero-order valence-electron chi connectivity index (χ0n) is 32.6. The molecular formula is C41H64O13. The van der Waals surface area contributed by atoms with Gasteiger partial charge in [0.15, 0.2) is 18.9 Å². The van der Waals surface area contributed by atoms with Gasteiger partial charge in [0, 0.05) is 30.8 Å². The van der Waals surface area contributed by atoms with Gasteiger partial charge in [0.2, 0.25) is 0 Å². The second-order valence-electron chi connectivity index (χ2n) is 18.7. The molecule has 10 unspecified atom stereocenters. The molecule has 20 atom stereocenters. The first-order chi connectivity index (χ1) is 25.6. The fourth-order valence-corrected chi connectivity index (χ4v) is 12.8. The van der Waals surface area contributed by atoms with Gasteiger partial charge in [0.1, 0.15) is 24.9 Å². The summed E-state index contributed by atoms with van der Waals surface area (Å²) < 4.78 is 42.2. The molecule has 54 heavy (non-hydrogen) atoms. The van der Waals surface area contributed by atoms with E-state index in [-0.39, 0.29) is 54.0 Å². The predicted molar refractivity (Wildman–Crippen MR) is 191 cm³/mol. The highest BCUT2D eigenvalue weighted by Gasteiger charge is 2.68. The molecule has 3 saturated heterocycles. The highest BCUT2D eigenvalue weighted by molar-refractivity contribution is 5.85. The van der Waals surface area contributed by atoms with Crippen LogP contribution in [0.4, 0.5) is 0 Å². The lowest BCUT2D eigenvalue weighted by molar-refractivity contribution is -0.336. The molecule has 7 fully saturated rings. The fourth-order valence-electron chi connectivity index (χ4n) is 12.8. The van der Waals surface area contributed by atoms with Gasteiger partial charge in [-0.25, -0.2) is 4.79 Å². The molecule has 4 heterocycles. The van der Waals surface area contributed by atoms with Crippen molar-refractivity contribution in [3.63, 3.8) is 0 Å². The average Bonchev–Trinajstić information content (AvgIpc) is 3.66. The summed E-state index contributed by atoms with van der Waals surface area (Å²) in [6, 6.07) is 0. The molecule has 0 aromatic carbocycles. The maximum absolute atomic E-state index is 12.6. The van der Waals surface area contributed by atoms with E-state index in [0.29, 0.717) is 18.4 Å². The van der Waals surface area contributed by atoms with Crippen molar-refractivity contribution in [3.05, 3.63) is 11.6 Å². The van der Waals surface area contributed by atoms with Crippen LogP contribution >= 0.6 is 0 Å². The van der Waals surface area contributed by atoms with E-state index in [0.717, 1.165) is 63.4 Å². The second-order valence-corrected chi connectivity index (χ2v) is 18.7. The minimum atomic E-state index is -0.996. The number of aliphatic hydroxyl groups excluding tert-OH is 4. The summed E-state index contributed by atoms with van der Waals surface area (Å²) in [5.74, 6) is 1.13. The average molecular weight is 765 g/mol. The van der Waals surface area contributed by atoms with E-state index in [1.807, 2.05) is 6.92 Å². The van der Waals surface area contributed by atoms with Crippen molar-refractivity contribution in [3.8, 4) is 0 Å². The standard InChI is InChI=1S/C41H64O13/c1-20-36(46)29(42)16-34(49-20)53-38-22(3)51-35(18-31(38)44)54-37-21(2)50-33(17-30(37)43)52-25-8-11-39(4)24(15-25)6-7-28-27(39)9-12-40(5)26(10-13-41(28,40)47)23-14-32(45)48-19-23/h14,20-22,24-31,33-38,42-44,46-47H,6-13,15-19H2,1-5H3/t20?,21?,22?,24-,25+,26-,27?,28?,29-,30-,31-,33?,34?,35?,36-,37-,38-,39?,40?,41+/m1/s1. The summed E-state index contributed by atoms with van der Waals surface area (Å²) in [5, 5.41) is 55.0. The Kier molecular flexibility index (Phi) is 10.9. The molecular weight excluding hydrogens is 700 g/mol. The number of cyclic esters (lactones) is 1. The molecule has 0 spiro atoms. The Morgan fingerprint density at radius 1 is 0.685 bits per heavy atom. The number of carbonyl (C=O) groups is 1. The van der Waals surface area contributed by atoms with Crippen molar-refractivity contribution < 1.29 is 63.5 Å². The van der Waals surface area contributed by atoms with Crippen molar-refractivity contribution in [1.29, 1.82) is 0 Å². The quantitative estimate of drug-likeness (QED) is 0.188. The van der Waals surface area contributed by atoms with Gasteiger partial charge in [-0.2, -0.15) is 0 Å². The lowest BCUT2D eigenvalue weighted by atomic mass is 9.43. The van der Waals surface area contributed by atoms with Gasteiger partial charge in [0.05, 0.1) is 48.3 Å². The van der Waals surface area contributed by atoms with Crippen molar-refractivity contribution >= 4 is 5.97 Å². The van der Waals surface area contributed by atoms with Gasteiger partial charge in [0.25, 0.3) is 0 Å². The summed E-state index contributed by atoms with van der Waals surface area (Å²) in [4.78, 5) is 11.9. The molecule has 8 rings (SSSR count). The Morgan fingerprint density at radius 2 is 1.30 bits per heavy atom. The molecule has 13 heteroatoms. The van der Waals surface area contributed by atoms with E-state index in [9.17, 15) is 30.3 Å². The van der Waals surface area contributed by atoms with Crippen molar-refractivity contribution in [2.45, 2.75) is 197 Å². The number of carbonyl (C=O) groups excluding carboxylic acids is 1. The molecule has 13 nitrogen and oxygen atoms in total. The van der Waals surface area contributed by atoms with Gasteiger partial charge in [-0.1, -0.05) is 13.8 Å². The summed E-state index contributed by atoms with van der Waals surface area (Å²) in [5.41, 5.74) is 0.215. The number of esters is 1. The van der Waals surface area contributed by atoms with Crippen LogP contribution in [0.15, 0.2) is 11.6 Å². The number of rotatable bonds is 7. The zero-order chi connectivity index (χ0) is 38.3. The van der Waals surface area contributed by atoms with Crippen LogP contribution in [0.25, 0.3) is 0 Å². The minimum absolute atomic E-state index is 0.0243. The molecule has 4 saturated carbocycles. The van der Waals surface area contributed by atoms with E-state index in [2.05, 4.69) is 13.8 Å².